The molecule has 2 aromatic heterocycles. The fourth-order valence-corrected chi connectivity index (χ4v) is 4.95. The van der Waals surface area contributed by atoms with Gasteiger partial charge in [-0.25, -0.2) is 9.97 Å². The van der Waals surface area contributed by atoms with Crippen molar-refractivity contribution >= 4 is 49.2 Å². The molecule has 35 heavy (non-hydrogen) atoms. The number of ether oxygens (including phenoxy) is 1. The molecule has 0 fully saturated rings. The van der Waals surface area contributed by atoms with E-state index < -0.39 is 0 Å². The third kappa shape index (κ3) is 4.93. The van der Waals surface area contributed by atoms with Crippen molar-refractivity contribution in [1.82, 2.24) is 15.0 Å². The minimum absolute atomic E-state index is 0.0728. The molecule has 0 saturated heterocycles. The Labute approximate surface area is 206 Å². The lowest BCUT2D eigenvalue weighted by molar-refractivity contribution is -0.118. The van der Waals surface area contributed by atoms with Gasteiger partial charge < -0.3 is 9.72 Å². The predicted octanol–water partition coefficient (Wildman–Crippen LogP) is 5.62. The Hall–Kier alpha value is -4.04. The van der Waals surface area contributed by atoms with Crippen LogP contribution in [0, 0.1) is 0 Å². The van der Waals surface area contributed by atoms with Crippen LogP contribution in [-0.4, -0.2) is 27.5 Å². The Balaban J connectivity index is 1.38. The number of fused-ring (bicyclic) bond motifs is 2. The van der Waals surface area contributed by atoms with E-state index in [-0.39, 0.29) is 17.9 Å². The van der Waals surface area contributed by atoms with E-state index >= 15 is 0 Å². The van der Waals surface area contributed by atoms with Crippen LogP contribution < -0.4 is 15.2 Å². The average Bonchev–Trinajstić information content (AvgIpc) is 3.29. The summed E-state index contributed by atoms with van der Waals surface area (Å²) in [4.78, 5) is 39.6. The van der Waals surface area contributed by atoms with E-state index in [1.54, 1.807) is 11.0 Å². The summed E-state index contributed by atoms with van der Waals surface area (Å²) in [5.74, 6) is 1.25. The number of thiazole rings is 1. The summed E-state index contributed by atoms with van der Waals surface area (Å²) in [6.45, 7) is 2.51. The maximum atomic E-state index is 13.5. The van der Waals surface area contributed by atoms with Crippen molar-refractivity contribution in [2.24, 2.45) is 0 Å². The number of para-hydroxylation sites is 2. The van der Waals surface area contributed by atoms with Gasteiger partial charge in [0.05, 0.1) is 33.4 Å². The molecule has 1 N–H and O–H groups in total. The third-order valence-corrected chi connectivity index (χ3v) is 6.62. The Morgan fingerprint density at radius 3 is 2.49 bits per heavy atom. The molecule has 3 aromatic carbocycles. The van der Waals surface area contributed by atoms with Crippen molar-refractivity contribution in [3.05, 3.63) is 89.0 Å². The van der Waals surface area contributed by atoms with Gasteiger partial charge in [0.1, 0.15) is 11.6 Å². The number of carbonyl (C=O) groups excluding carboxylic acids is 1. The van der Waals surface area contributed by atoms with Crippen LogP contribution in [0.25, 0.3) is 21.1 Å². The molecule has 0 radical (unpaired) electrons. The van der Waals surface area contributed by atoms with Crippen LogP contribution in [-0.2, 0) is 11.2 Å². The number of hydrogen-bond donors (Lipinski definition) is 1. The number of anilines is 2. The molecule has 0 unspecified atom stereocenters. The van der Waals surface area contributed by atoms with Crippen molar-refractivity contribution in [1.29, 1.82) is 0 Å². The molecule has 0 aliphatic rings. The zero-order chi connectivity index (χ0) is 24.2. The first-order valence-electron chi connectivity index (χ1n) is 11.5. The molecule has 5 rings (SSSR count). The van der Waals surface area contributed by atoms with Gasteiger partial charge in [-0.05, 0) is 61.9 Å². The van der Waals surface area contributed by atoms with E-state index in [1.807, 2.05) is 73.7 Å². The van der Waals surface area contributed by atoms with Crippen LogP contribution in [0.1, 0.15) is 25.6 Å². The number of carbonyl (C=O) groups is 1. The standard InChI is InChI=1S/C27H24N4O3S/c1-2-34-19-16-14-18(15-17-19)31(27-29-22-10-5-6-11-23(22)35-27)25(32)13-7-12-24-28-21-9-4-3-8-20(21)26(33)30-24/h3-6,8-11,14-17H,2,7,12-13H2,1H3,(H,28,30,33). The number of aromatic amines is 1. The van der Waals surface area contributed by atoms with Gasteiger partial charge in [-0.2, -0.15) is 0 Å². The summed E-state index contributed by atoms with van der Waals surface area (Å²) >= 11 is 1.48. The molecule has 1 amide bonds. The van der Waals surface area contributed by atoms with Gasteiger partial charge >= 0.3 is 0 Å². The molecule has 2 heterocycles. The normalized spacial score (nSPS) is 11.1. The maximum Gasteiger partial charge on any atom is 0.258 e. The lowest BCUT2D eigenvalue weighted by Crippen LogP contribution is -2.25. The van der Waals surface area contributed by atoms with E-state index in [4.69, 9.17) is 9.72 Å². The minimum Gasteiger partial charge on any atom is -0.494 e. The second-order valence-corrected chi connectivity index (χ2v) is 9.01. The molecule has 0 aliphatic carbocycles. The van der Waals surface area contributed by atoms with E-state index in [9.17, 15) is 9.59 Å². The van der Waals surface area contributed by atoms with Gasteiger partial charge in [0.2, 0.25) is 5.91 Å². The van der Waals surface area contributed by atoms with Gasteiger partial charge in [-0.3, -0.25) is 14.5 Å². The van der Waals surface area contributed by atoms with Crippen molar-refractivity contribution in [3.8, 4) is 5.75 Å². The highest BCUT2D eigenvalue weighted by Gasteiger charge is 2.22. The highest BCUT2D eigenvalue weighted by Crippen LogP contribution is 2.34. The number of nitrogens with zero attached hydrogens (tertiary/aromatic N) is 3. The quantitative estimate of drug-likeness (QED) is 0.309. The number of H-pyrrole nitrogens is 1. The summed E-state index contributed by atoms with van der Waals surface area (Å²) in [5, 5.41) is 1.18. The topological polar surface area (TPSA) is 88.2 Å². The SMILES string of the molecule is CCOc1ccc(N(C(=O)CCCc2nc3ccccc3c(=O)[nH]2)c2nc3ccccc3s2)cc1. The summed E-state index contributed by atoms with van der Waals surface area (Å²) < 4.78 is 6.57. The Morgan fingerprint density at radius 2 is 1.71 bits per heavy atom. The highest BCUT2D eigenvalue weighted by atomic mass is 32.1. The third-order valence-electron chi connectivity index (χ3n) is 5.60. The fourth-order valence-electron chi connectivity index (χ4n) is 3.95. The summed E-state index contributed by atoms with van der Waals surface area (Å²) in [6.07, 6.45) is 1.31. The molecule has 0 atom stereocenters. The van der Waals surface area contributed by atoms with Gasteiger partial charge in [-0.15, -0.1) is 0 Å². The number of rotatable bonds is 8. The van der Waals surface area contributed by atoms with Crippen molar-refractivity contribution in [2.45, 2.75) is 26.2 Å². The molecular weight excluding hydrogens is 460 g/mol. The first kappa shape index (κ1) is 22.7. The van der Waals surface area contributed by atoms with Crippen LogP contribution in [0.2, 0.25) is 0 Å². The van der Waals surface area contributed by atoms with E-state index in [0.29, 0.717) is 41.3 Å². The van der Waals surface area contributed by atoms with Crippen LogP contribution in [0.3, 0.4) is 0 Å². The molecule has 7 nitrogen and oxygen atoms in total. The van der Waals surface area contributed by atoms with E-state index in [0.717, 1.165) is 21.7 Å². The molecule has 0 aliphatic heterocycles. The van der Waals surface area contributed by atoms with Gasteiger partial charge in [0.25, 0.3) is 5.56 Å². The first-order valence-corrected chi connectivity index (χ1v) is 12.3. The molecular formula is C27H24N4O3S. The van der Waals surface area contributed by atoms with Crippen molar-refractivity contribution in [3.63, 3.8) is 0 Å². The molecule has 0 spiro atoms. The van der Waals surface area contributed by atoms with Crippen LogP contribution in [0.15, 0.2) is 77.6 Å². The molecule has 0 saturated carbocycles. The lowest BCUT2D eigenvalue weighted by Gasteiger charge is -2.20. The van der Waals surface area contributed by atoms with Gasteiger partial charge in [0, 0.05) is 12.8 Å². The fraction of sp³-hybridized carbons (Fsp3) is 0.185. The smallest absolute Gasteiger partial charge is 0.258 e. The summed E-state index contributed by atoms with van der Waals surface area (Å²) in [5.41, 5.74) is 2.08. The maximum absolute atomic E-state index is 13.5. The number of aromatic nitrogens is 3. The largest absolute Gasteiger partial charge is 0.494 e. The van der Waals surface area contributed by atoms with Crippen molar-refractivity contribution < 1.29 is 9.53 Å². The van der Waals surface area contributed by atoms with Crippen molar-refractivity contribution in [2.75, 3.05) is 11.5 Å². The highest BCUT2D eigenvalue weighted by molar-refractivity contribution is 7.22. The monoisotopic (exact) mass is 484 g/mol. The van der Waals surface area contributed by atoms with Crippen LogP contribution in [0.5, 0.6) is 5.75 Å². The molecule has 176 valence electrons. The molecule has 5 aromatic rings. The van der Waals surface area contributed by atoms with E-state index in [1.165, 1.54) is 11.3 Å². The zero-order valence-electron chi connectivity index (χ0n) is 19.2. The number of nitrogens with one attached hydrogen (secondary N) is 1. The van der Waals surface area contributed by atoms with Crippen LogP contribution in [0.4, 0.5) is 10.8 Å². The van der Waals surface area contributed by atoms with Crippen LogP contribution >= 0.6 is 11.3 Å². The molecule has 0 bridgehead atoms. The molecule has 8 heteroatoms. The number of aryl methyl sites for hydroxylation is 1. The average molecular weight is 485 g/mol. The summed E-state index contributed by atoms with van der Waals surface area (Å²) in [7, 11) is 0. The Morgan fingerprint density at radius 1 is 0.971 bits per heavy atom. The van der Waals surface area contributed by atoms with Gasteiger partial charge in [-0.1, -0.05) is 35.6 Å². The number of amides is 1. The number of benzene rings is 3. The number of hydrogen-bond acceptors (Lipinski definition) is 6. The predicted molar refractivity (Wildman–Crippen MR) is 140 cm³/mol. The second kappa shape index (κ2) is 10.1. The van der Waals surface area contributed by atoms with Gasteiger partial charge in [0.15, 0.2) is 5.13 Å². The van der Waals surface area contributed by atoms with E-state index in [2.05, 4.69) is 9.97 Å². The lowest BCUT2D eigenvalue weighted by atomic mass is 10.2. The Kier molecular flexibility index (Phi) is 6.54. The summed E-state index contributed by atoms with van der Waals surface area (Å²) in [6, 6.07) is 22.5. The minimum atomic E-state index is -0.164. The first-order chi connectivity index (χ1) is 17.1. The zero-order valence-corrected chi connectivity index (χ0v) is 20.0. The Bertz CT molecular complexity index is 1510. The second-order valence-electron chi connectivity index (χ2n) is 8.00.